The normalized spacial score (nSPS) is 13.6. The third kappa shape index (κ3) is 8.82. The summed E-state index contributed by atoms with van der Waals surface area (Å²) >= 11 is 0. The third-order valence-electron chi connectivity index (χ3n) is 11.5. The lowest BCUT2D eigenvalue weighted by atomic mass is 9.83. The van der Waals surface area contributed by atoms with E-state index in [4.69, 9.17) is 0 Å². The summed E-state index contributed by atoms with van der Waals surface area (Å²) in [6.45, 7) is 24.3. The Morgan fingerprint density at radius 2 is 0.574 bits per heavy atom. The van der Waals surface area contributed by atoms with Gasteiger partial charge in [0.1, 0.15) is 0 Å². The monoisotopic (exact) mass is 712 g/mol. The molecule has 6 rings (SSSR count). The molecule has 6 aromatic rings. The van der Waals surface area contributed by atoms with Crippen LogP contribution in [0.25, 0.3) is 0 Å². The zero-order valence-electron chi connectivity index (χ0n) is 34.3. The van der Waals surface area contributed by atoms with E-state index in [1.165, 1.54) is 89.3 Å². The van der Waals surface area contributed by atoms with Crippen LogP contribution in [0.3, 0.4) is 0 Å². The first-order valence-corrected chi connectivity index (χ1v) is 19.9. The molecular weight excluding hydrogens is 653 g/mol. The SMILES string of the molecule is Cc1cccc([C@@H](C)c2cc(C)cc([C@H](C)c3cccc(C)c3)c2NCCNc2c([C@@H](C)c3cccc(C)c3)cc(C)cc2[C@@H](C)c2cccc(C)c2)c1. The number of aryl methyl sites for hydroxylation is 6. The topological polar surface area (TPSA) is 24.1 Å². The minimum absolute atomic E-state index is 0.240. The first kappa shape index (κ1) is 38.6. The molecule has 54 heavy (non-hydrogen) atoms. The second-order valence-electron chi connectivity index (χ2n) is 16.0. The van der Waals surface area contributed by atoms with Gasteiger partial charge in [0.15, 0.2) is 0 Å². The van der Waals surface area contributed by atoms with Crippen molar-refractivity contribution in [1.29, 1.82) is 0 Å². The Kier molecular flexibility index (Phi) is 12.1. The van der Waals surface area contributed by atoms with E-state index >= 15 is 0 Å². The average Bonchev–Trinajstić information content (AvgIpc) is 3.15. The minimum atomic E-state index is 0.240. The van der Waals surface area contributed by atoms with Crippen molar-refractivity contribution in [2.45, 2.75) is 92.9 Å². The summed E-state index contributed by atoms with van der Waals surface area (Å²) in [5.74, 6) is 0.961. The summed E-state index contributed by atoms with van der Waals surface area (Å²) in [6, 6.07) is 45.6. The van der Waals surface area contributed by atoms with Crippen molar-refractivity contribution in [3.8, 4) is 0 Å². The predicted octanol–water partition coefficient (Wildman–Crippen LogP) is 13.7. The van der Waals surface area contributed by atoms with Crippen LogP contribution in [0.1, 0.15) is 129 Å². The number of benzene rings is 6. The molecule has 278 valence electrons. The molecule has 4 atom stereocenters. The summed E-state index contributed by atoms with van der Waals surface area (Å²) in [7, 11) is 0. The van der Waals surface area contributed by atoms with Crippen LogP contribution in [0.4, 0.5) is 11.4 Å². The highest BCUT2D eigenvalue weighted by molar-refractivity contribution is 5.67. The average molecular weight is 713 g/mol. The maximum atomic E-state index is 4.03. The Morgan fingerprint density at radius 1 is 0.333 bits per heavy atom. The van der Waals surface area contributed by atoms with Crippen LogP contribution in [0.5, 0.6) is 0 Å². The summed E-state index contributed by atoms with van der Waals surface area (Å²) in [5.41, 5.74) is 21.1. The molecule has 0 heterocycles. The van der Waals surface area contributed by atoms with Gasteiger partial charge in [-0.3, -0.25) is 0 Å². The largest absolute Gasteiger partial charge is 0.383 e. The molecule has 0 aliphatic carbocycles. The Labute approximate surface area is 326 Å². The van der Waals surface area contributed by atoms with Gasteiger partial charge in [0.05, 0.1) is 0 Å². The van der Waals surface area contributed by atoms with Crippen molar-refractivity contribution >= 4 is 11.4 Å². The highest BCUT2D eigenvalue weighted by atomic mass is 15.0. The molecule has 0 aliphatic heterocycles. The van der Waals surface area contributed by atoms with Crippen molar-refractivity contribution in [2.75, 3.05) is 23.7 Å². The molecule has 2 N–H and O–H groups in total. The van der Waals surface area contributed by atoms with Crippen molar-refractivity contribution in [3.05, 3.63) is 199 Å². The van der Waals surface area contributed by atoms with E-state index in [1.807, 2.05) is 0 Å². The van der Waals surface area contributed by atoms with Gasteiger partial charge >= 0.3 is 0 Å². The Hall–Kier alpha value is -5.08. The first-order chi connectivity index (χ1) is 25.9. The van der Waals surface area contributed by atoms with Gasteiger partial charge < -0.3 is 10.6 Å². The lowest BCUT2D eigenvalue weighted by molar-refractivity contribution is 0.871. The lowest BCUT2D eigenvalue weighted by Crippen LogP contribution is -2.19. The Morgan fingerprint density at radius 3 is 0.796 bits per heavy atom. The van der Waals surface area contributed by atoms with E-state index in [0.717, 1.165) is 13.1 Å². The van der Waals surface area contributed by atoms with Gasteiger partial charge in [-0.2, -0.15) is 0 Å². The van der Waals surface area contributed by atoms with Crippen LogP contribution in [0.15, 0.2) is 121 Å². The fraction of sp³-hybridized carbons (Fsp3) is 0.308. The van der Waals surface area contributed by atoms with Gasteiger partial charge in [0.25, 0.3) is 0 Å². The smallest absolute Gasteiger partial charge is 0.0418 e. The number of anilines is 2. The molecule has 6 aromatic carbocycles. The van der Waals surface area contributed by atoms with E-state index in [0.29, 0.717) is 0 Å². The van der Waals surface area contributed by atoms with Crippen LogP contribution in [-0.2, 0) is 0 Å². The van der Waals surface area contributed by atoms with Gasteiger partial charge in [-0.05, 0) is 86.1 Å². The van der Waals surface area contributed by atoms with Gasteiger partial charge in [-0.15, -0.1) is 0 Å². The quantitative estimate of drug-likeness (QED) is 0.117. The number of nitrogens with one attached hydrogen (secondary N) is 2. The molecule has 0 aromatic heterocycles. The van der Waals surface area contributed by atoms with E-state index in [2.05, 4.69) is 201 Å². The second kappa shape index (κ2) is 16.9. The maximum absolute atomic E-state index is 4.03. The Bertz CT molecular complexity index is 1920. The fourth-order valence-corrected chi connectivity index (χ4v) is 8.31. The van der Waals surface area contributed by atoms with Crippen LogP contribution in [0, 0.1) is 41.5 Å². The zero-order chi connectivity index (χ0) is 38.5. The number of hydrogen-bond donors (Lipinski definition) is 2. The summed E-state index contributed by atoms with van der Waals surface area (Å²) < 4.78 is 0. The lowest BCUT2D eigenvalue weighted by Gasteiger charge is -2.27. The van der Waals surface area contributed by atoms with Crippen molar-refractivity contribution in [2.24, 2.45) is 0 Å². The van der Waals surface area contributed by atoms with Crippen molar-refractivity contribution < 1.29 is 0 Å². The molecule has 2 nitrogen and oxygen atoms in total. The zero-order valence-corrected chi connectivity index (χ0v) is 34.3. The molecule has 2 heteroatoms. The Balaban J connectivity index is 1.38. The third-order valence-corrected chi connectivity index (χ3v) is 11.5. The molecule has 0 saturated carbocycles. The van der Waals surface area contributed by atoms with Gasteiger partial charge in [0.2, 0.25) is 0 Å². The molecule has 0 saturated heterocycles. The molecule has 0 amide bonds. The maximum Gasteiger partial charge on any atom is 0.0418 e. The summed E-state index contributed by atoms with van der Waals surface area (Å²) in [4.78, 5) is 0. The summed E-state index contributed by atoms with van der Waals surface area (Å²) in [6.07, 6.45) is 0. The molecule has 0 bridgehead atoms. The van der Waals surface area contributed by atoms with Crippen LogP contribution >= 0.6 is 0 Å². The van der Waals surface area contributed by atoms with Gasteiger partial charge in [-0.25, -0.2) is 0 Å². The second-order valence-corrected chi connectivity index (χ2v) is 16.0. The first-order valence-electron chi connectivity index (χ1n) is 19.9. The van der Waals surface area contributed by atoms with Gasteiger partial charge in [0, 0.05) is 48.1 Å². The number of rotatable bonds is 13. The molecule has 0 unspecified atom stereocenters. The van der Waals surface area contributed by atoms with E-state index < -0.39 is 0 Å². The predicted molar refractivity (Wildman–Crippen MR) is 234 cm³/mol. The highest BCUT2D eigenvalue weighted by Crippen LogP contribution is 2.41. The van der Waals surface area contributed by atoms with Crippen molar-refractivity contribution in [3.63, 3.8) is 0 Å². The standard InChI is InChI=1S/C52H60N2/c1-33-15-11-19-43(25-33)39(7)47-29-37(5)30-48(40(8)44-20-12-16-34(2)26-44)51(47)53-23-24-54-52-49(41(9)45-21-13-17-35(3)27-45)31-38(6)32-50(52)42(10)46-22-14-18-36(4)28-46/h11-22,25-32,39-42,53-54H,23-24H2,1-10H3/t39-,40-,41+,42+. The minimum Gasteiger partial charge on any atom is -0.383 e. The van der Waals surface area contributed by atoms with Gasteiger partial charge in [-0.1, -0.05) is 182 Å². The van der Waals surface area contributed by atoms with Crippen molar-refractivity contribution in [1.82, 2.24) is 0 Å². The fourth-order valence-electron chi connectivity index (χ4n) is 8.31. The van der Waals surface area contributed by atoms with E-state index in [-0.39, 0.29) is 23.7 Å². The molecule has 0 aliphatic rings. The van der Waals surface area contributed by atoms with E-state index in [1.54, 1.807) is 0 Å². The molecule has 0 spiro atoms. The molecule has 0 radical (unpaired) electrons. The molecular formula is C52H60N2. The van der Waals surface area contributed by atoms with Crippen LogP contribution in [0.2, 0.25) is 0 Å². The van der Waals surface area contributed by atoms with Crippen LogP contribution < -0.4 is 10.6 Å². The molecule has 0 fully saturated rings. The highest BCUT2D eigenvalue weighted by Gasteiger charge is 2.23. The van der Waals surface area contributed by atoms with E-state index in [9.17, 15) is 0 Å². The number of hydrogen-bond acceptors (Lipinski definition) is 2. The summed E-state index contributed by atoms with van der Waals surface area (Å²) in [5, 5.41) is 8.07. The van der Waals surface area contributed by atoms with Crippen LogP contribution in [-0.4, -0.2) is 13.1 Å².